The monoisotopic (exact) mass is 418 g/mol. The molecule has 6 heteroatoms. The topological polar surface area (TPSA) is 60.9 Å². The molecular formula is C24H22N2O3S. The van der Waals surface area contributed by atoms with Crippen molar-refractivity contribution in [2.45, 2.75) is 12.8 Å². The lowest BCUT2D eigenvalue weighted by Gasteiger charge is -2.34. The van der Waals surface area contributed by atoms with E-state index in [9.17, 15) is 14.7 Å². The second-order valence-electron chi connectivity index (χ2n) is 7.78. The number of aliphatic hydroxyl groups is 1. The van der Waals surface area contributed by atoms with Crippen LogP contribution in [-0.2, 0) is 9.59 Å². The van der Waals surface area contributed by atoms with Gasteiger partial charge in [0, 0.05) is 30.0 Å². The average molecular weight is 419 g/mol. The minimum atomic E-state index is -0.279. The number of piperidine rings is 1. The molecule has 1 unspecified atom stereocenters. The Hall–Kier alpha value is -2.96. The predicted molar refractivity (Wildman–Crippen MR) is 119 cm³/mol. The summed E-state index contributed by atoms with van der Waals surface area (Å²) in [4.78, 5) is 31.5. The van der Waals surface area contributed by atoms with Crippen LogP contribution in [-0.4, -0.2) is 41.5 Å². The van der Waals surface area contributed by atoms with E-state index in [0.29, 0.717) is 30.0 Å². The summed E-state index contributed by atoms with van der Waals surface area (Å²) in [5.41, 5.74) is 1.55. The Morgan fingerprint density at radius 3 is 2.63 bits per heavy atom. The summed E-state index contributed by atoms with van der Waals surface area (Å²) in [6.07, 6.45) is 1.83. The molecule has 30 heavy (non-hydrogen) atoms. The number of amides is 2. The second-order valence-corrected chi connectivity index (χ2v) is 8.73. The van der Waals surface area contributed by atoms with Gasteiger partial charge in [0.05, 0.1) is 11.3 Å². The maximum atomic E-state index is 13.7. The SMILES string of the molecule is O=C1C(c2cccs2)=C(N2CCCC(CO)C2)C(=O)N1c1cccc2ccccc12. The summed E-state index contributed by atoms with van der Waals surface area (Å²) in [7, 11) is 0. The highest BCUT2D eigenvalue weighted by molar-refractivity contribution is 7.11. The summed E-state index contributed by atoms with van der Waals surface area (Å²) in [5, 5.41) is 13.4. The van der Waals surface area contributed by atoms with Gasteiger partial charge >= 0.3 is 0 Å². The average Bonchev–Trinajstić information content (AvgIpc) is 3.39. The van der Waals surface area contributed by atoms with Crippen LogP contribution in [0.3, 0.4) is 0 Å². The molecule has 0 saturated carbocycles. The van der Waals surface area contributed by atoms with Crippen LogP contribution in [0, 0.1) is 5.92 Å². The van der Waals surface area contributed by atoms with Crippen LogP contribution in [0.4, 0.5) is 5.69 Å². The summed E-state index contributed by atoms with van der Waals surface area (Å²) < 4.78 is 0. The minimum absolute atomic E-state index is 0.0906. The highest BCUT2D eigenvalue weighted by atomic mass is 32.1. The van der Waals surface area contributed by atoms with Crippen LogP contribution >= 0.6 is 11.3 Å². The number of carbonyl (C=O) groups is 2. The highest BCUT2D eigenvalue weighted by Crippen LogP contribution is 2.39. The fourth-order valence-corrected chi connectivity index (χ4v) is 5.26. The van der Waals surface area contributed by atoms with Crippen molar-refractivity contribution < 1.29 is 14.7 Å². The van der Waals surface area contributed by atoms with Crippen molar-refractivity contribution in [2.24, 2.45) is 5.92 Å². The summed E-state index contributed by atoms with van der Waals surface area (Å²) >= 11 is 1.47. The van der Waals surface area contributed by atoms with E-state index in [2.05, 4.69) is 0 Å². The molecule has 3 heterocycles. The third-order valence-corrected chi connectivity index (χ3v) is 6.82. The van der Waals surface area contributed by atoms with Crippen LogP contribution in [0.1, 0.15) is 17.7 Å². The highest BCUT2D eigenvalue weighted by Gasteiger charge is 2.44. The number of imide groups is 1. The number of hydrogen-bond acceptors (Lipinski definition) is 5. The molecule has 2 amide bonds. The van der Waals surface area contributed by atoms with E-state index in [0.717, 1.165) is 28.5 Å². The minimum Gasteiger partial charge on any atom is -0.396 e. The molecule has 0 spiro atoms. The lowest BCUT2D eigenvalue weighted by Crippen LogP contribution is -2.40. The fourth-order valence-electron chi connectivity index (χ4n) is 4.49. The van der Waals surface area contributed by atoms with Gasteiger partial charge < -0.3 is 10.0 Å². The Labute approximate surface area is 178 Å². The molecule has 1 fully saturated rings. The molecule has 1 saturated heterocycles. The number of hydrogen-bond donors (Lipinski definition) is 1. The molecule has 5 nitrogen and oxygen atoms in total. The Morgan fingerprint density at radius 1 is 1.00 bits per heavy atom. The van der Waals surface area contributed by atoms with E-state index in [-0.39, 0.29) is 24.3 Å². The number of fused-ring (bicyclic) bond motifs is 1. The summed E-state index contributed by atoms with van der Waals surface area (Å²) in [6, 6.07) is 17.3. The van der Waals surface area contributed by atoms with Gasteiger partial charge in [-0.3, -0.25) is 9.59 Å². The van der Waals surface area contributed by atoms with Crippen LogP contribution < -0.4 is 4.90 Å². The Bertz CT molecular complexity index is 1150. The number of likely N-dealkylation sites (tertiary alicyclic amines) is 1. The number of anilines is 1. The van der Waals surface area contributed by atoms with Crippen molar-refractivity contribution >= 4 is 45.2 Å². The standard InChI is InChI=1S/C24H22N2O3S/c27-15-16-6-4-12-25(14-16)22-21(20-11-5-13-30-20)23(28)26(24(22)29)19-10-3-8-17-7-1-2-9-18(17)19/h1-3,5,7-11,13,16,27H,4,6,12,14-15H2. The Kier molecular flexibility index (Phi) is 4.89. The van der Waals surface area contributed by atoms with Crippen LogP contribution in [0.15, 0.2) is 65.7 Å². The van der Waals surface area contributed by atoms with Gasteiger partial charge in [0.15, 0.2) is 0 Å². The van der Waals surface area contributed by atoms with Gasteiger partial charge in [-0.15, -0.1) is 11.3 Å². The zero-order valence-corrected chi connectivity index (χ0v) is 17.3. The number of carbonyl (C=O) groups excluding carboxylic acids is 2. The Balaban J connectivity index is 1.64. The lowest BCUT2D eigenvalue weighted by molar-refractivity contribution is -0.120. The first-order chi connectivity index (χ1) is 14.7. The lowest BCUT2D eigenvalue weighted by atomic mass is 9.98. The molecule has 3 aromatic rings. The fraction of sp³-hybridized carbons (Fsp3) is 0.250. The molecule has 152 valence electrons. The Morgan fingerprint density at radius 2 is 1.83 bits per heavy atom. The smallest absolute Gasteiger partial charge is 0.282 e. The molecule has 2 aromatic carbocycles. The van der Waals surface area contributed by atoms with Crippen LogP contribution in [0.2, 0.25) is 0 Å². The van der Waals surface area contributed by atoms with Gasteiger partial charge in [0.2, 0.25) is 0 Å². The van der Waals surface area contributed by atoms with E-state index in [1.54, 1.807) is 0 Å². The number of benzene rings is 2. The van der Waals surface area contributed by atoms with E-state index < -0.39 is 0 Å². The molecular weight excluding hydrogens is 396 g/mol. The van der Waals surface area contributed by atoms with Gasteiger partial charge in [-0.2, -0.15) is 0 Å². The number of rotatable bonds is 4. The van der Waals surface area contributed by atoms with Crippen molar-refractivity contribution in [1.29, 1.82) is 0 Å². The third-order valence-electron chi connectivity index (χ3n) is 5.93. The van der Waals surface area contributed by atoms with Gasteiger partial charge in [-0.25, -0.2) is 4.90 Å². The number of nitrogens with zero attached hydrogens (tertiary/aromatic N) is 2. The third kappa shape index (κ3) is 3.04. The van der Waals surface area contributed by atoms with Crippen LogP contribution in [0.25, 0.3) is 16.3 Å². The van der Waals surface area contributed by atoms with E-state index in [4.69, 9.17) is 0 Å². The van der Waals surface area contributed by atoms with Crippen LogP contribution in [0.5, 0.6) is 0 Å². The molecule has 1 N–H and O–H groups in total. The van der Waals surface area contributed by atoms with Crippen molar-refractivity contribution in [3.8, 4) is 0 Å². The number of aliphatic hydroxyl groups excluding tert-OH is 1. The molecule has 0 aliphatic carbocycles. The maximum absolute atomic E-state index is 13.7. The molecule has 1 aromatic heterocycles. The molecule has 2 aliphatic rings. The first-order valence-electron chi connectivity index (χ1n) is 10.2. The summed E-state index contributed by atoms with van der Waals surface area (Å²) in [6.45, 7) is 1.39. The molecule has 0 bridgehead atoms. The summed E-state index contributed by atoms with van der Waals surface area (Å²) in [5.74, 6) is -0.441. The van der Waals surface area contributed by atoms with Gasteiger partial charge in [0.1, 0.15) is 5.70 Å². The van der Waals surface area contributed by atoms with E-state index >= 15 is 0 Å². The molecule has 0 radical (unpaired) electrons. The number of thiophene rings is 1. The van der Waals surface area contributed by atoms with Gasteiger partial charge in [0.25, 0.3) is 11.8 Å². The second kappa shape index (κ2) is 7.70. The zero-order valence-electron chi connectivity index (χ0n) is 16.5. The zero-order chi connectivity index (χ0) is 20.7. The van der Waals surface area contributed by atoms with E-state index in [1.165, 1.54) is 16.2 Å². The van der Waals surface area contributed by atoms with Crippen molar-refractivity contribution in [3.05, 3.63) is 70.6 Å². The van der Waals surface area contributed by atoms with Gasteiger partial charge in [-0.05, 0) is 41.7 Å². The molecule has 5 rings (SSSR count). The largest absolute Gasteiger partial charge is 0.396 e. The first-order valence-corrected chi connectivity index (χ1v) is 11.1. The van der Waals surface area contributed by atoms with E-state index in [1.807, 2.05) is 64.9 Å². The normalized spacial score (nSPS) is 20.0. The van der Waals surface area contributed by atoms with Crippen molar-refractivity contribution in [2.75, 3.05) is 24.6 Å². The molecule has 2 aliphatic heterocycles. The van der Waals surface area contributed by atoms with Gasteiger partial charge in [-0.1, -0.05) is 42.5 Å². The maximum Gasteiger partial charge on any atom is 0.282 e. The van der Waals surface area contributed by atoms with Crippen molar-refractivity contribution in [3.63, 3.8) is 0 Å². The first kappa shape index (κ1) is 19.0. The quantitative estimate of drug-likeness (QED) is 0.653. The molecule has 1 atom stereocenters. The predicted octanol–water partition coefficient (Wildman–Crippen LogP) is 3.89. The van der Waals surface area contributed by atoms with Crippen molar-refractivity contribution in [1.82, 2.24) is 4.90 Å².